The summed E-state index contributed by atoms with van der Waals surface area (Å²) in [6, 6.07) is 7.08. The average molecular weight is 394 g/mol. The van der Waals surface area contributed by atoms with Gasteiger partial charge in [0, 0.05) is 22.1 Å². The minimum absolute atomic E-state index is 0.104. The second-order valence-corrected chi connectivity index (χ2v) is 8.34. The van der Waals surface area contributed by atoms with E-state index in [0.717, 1.165) is 48.3 Å². The molecule has 1 fully saturated rings. The van der Waals surface area contributed by atoms with Crippen LogP contribution in [0.5, 0.6) is 0 Å². The van der Waals surface area contributed by atoms with Crippen LogP contribution >= 0.6 is 11.8 Å². The zero-order valence-electron chi connectivity index (χ0n) is 15.0. The van der Waals surface area contributed by atoms with Gasteiger partial charge in [0.2, 0.25) is 0 Å². The Kier molecular flexibility index (Phi) is 6.27. The summed E-state index contributed by atoms with van der Waals surface area (Å²) >= 11 is 1.71. The van der Waals surface area contributed by atoms with Crippen molar-refractivity contribution in [3.8, 4) is 0 Å². The molecule has 0 saturated heterocycles. The first-order chi connectivity index (χ1) is 12.8. The number of thioether (sulfide) groups is 1. The van der Waals surface area contributed by atoms with Crippen LogP contribution in [0.3, 0.4) is 0 Å². The van der Waals surface area contributed by atoms with Crippen molar-refractivity contribution in [2.45, 2.75) is 55.3 Å². The van der Waals surface area contributed by atoms with Crippen molar-refractivity contribution in [3.63, 3.8) is 0 Å². The highest BCUT2D eigenvalue weighted by atomic mass is 32.2. The number of benzene rings is 2. The molecular weight excluding hydrogens is 373 g/mol. The van der Waals surface area contributed by atoms with E-state index in [1.165, 1.54) is 0 Å². The lowest BCUT2D eigenvalue weighted by Gasteiger charge is -2.25. The number of hydrogen-bond acceptors (Lipinski definition) is 3. The van der Waals surface area contributed by atoms with Gasteiger partial charge in [0.15, 0.2) is 23.2 Å². The third kappa shape index (κ3) is 4.93. The van der Waals surface area contributed by atoms with E-state index in [9.17, 15) is 23.1 Å². The number of halogens is 3. The van der Waals surface area contributed by atoms with Crippen molar-refractivity contribution < 1.29 is 23.1 Å². The Morgan fingerprint density at radius 2 is 1.70 bits per heavy atom. The van der Waals surface area contributed by atoms with Crippen molar-refractivity contribution in [2.75, 3.05) is 0 Å². The molecule has 0 spiro atoms. The molecular formula is C21H21F3O2S. The Hall–Kier alpha value is -1.79. The molecule has 0 radical (unpaired) electrons. The summed E-state index contributed by atoms with van der Waals surface area (Å²) in [7, 11) is 0. The highest BCUT2D eigenvalue weighted by Crippen LogP contribution is 2.35. The monoisotopic (exact) mass is 394 g/mol. The first-order valence-corrected chi connectivity index (χ1v) is 9.83. The van der Waals surface area contributed by atoms with E-state index in [1.807, 2.05) is 19.1 Å². The zero-order chi connectivity index (χ0) is 19.6. The summed E-state index contributed by atoms with van der Waals surface area (Å²) in [5.74, 6) is -4.39. The molecule has 2 aromatic rings. The smallest absolute Gasteiger partial charge is 0.194 e. The van der Waals surface area contributed by atoms with E-state index in [1.54, 1.807) is 17.8 Å². The van der Waals surface area contributed by atoms with Gasteiger partial charge >= 0.3 is 0 Å². The predicted octanol–water partition coefficient (Wildman–Crippen LogP) is 5.23. The van der Waals surface area contributed by atoms with Crippen molar-refractivity contribution in [3.05, 3.63) is 64.5 Å². The molecule has 1 aliphatic rings. The minimum atomic E-state index is -1.53. The maximum Gasteiger partial charge on any atom is 0.194 e. The maximum atomic E-state index is 13.4. The van der Waals surface area contributed by atoms with Crippen LogP contribution in [0.15, 0.2) is 35.2 Å². The normalized spacial score (nSPS) is 19.9. The molecule has 2 aromatic carbocycles. The zero-order valence-corrected chi connectivity index (χ0v) is 15.8. The number of aryl methyl sites for hydroxylation is 1. The van der Waals surface area contributed by atoms with Gasteiger partial charge in [-0.05, 0) is 61.9 Å². The molecule has 0 aromatic heterocycles. The van der Waals surface area contributed by atoms with E-state index < -0.39 is 17.5 Å². The quantitative estimate of drug-likeness (QED) is 0.557. The molecule has 3 rings (SSSR count). The van der Waals surface area contributed by atoms with Gasteiger partial charge in [-0.15, -0.1) is 11.8 Å². The number of aliphatic hydroxyl groups excluding tert-OH is 1. The molecule has 0 heterocycles. The summed E-state index contributed by atoms with van der Waals surface area (Å²) in [6.45, 7) is 1.97. The summed E-state index contributed by atoms with van der Waals surface area (Å²) in [4.78, 5) is 13.5. The van der Waals surface area contributed by atoms with Crippen molar-refractivity contribution in [2.24, 2.45) is 0 Å². The Morgan fingerprint density at radius 1 is 1.07 bits per heavy atom. The topological polar surface area (TPSA) is 37.3 Å². The van der Waals surface area contributed by atoms with Crippen molar-refractivity contribution >= 4 is 17.5 Å². The van der Waals surface area contributed by atoms with Crippen LogP contribution in [-0.4, -0.2) is 22.2 Å². The lowest BCUT2D eigenvalue weighted by Crippen LogP contribution is -2.19. The lowest BCUT2D eigenvalue weighted by molar-refractivity contribution is 0.0992. The summed E-state index contributed by atoms with van der Waals surface area (Å²) in [5, 5.41) is 10.0. The van der Waals surface area contributed by atoms with Crippen LogP contribution in [0.25, 0.3) is 0 Å². The second kappa shape index (κ2) is 8.48. The maximum absolute atomic E-state index is 13.4. The molecule has 1 saturated carbocycles. The molecule has 6 heteroatoms. The number of ketones is 1. The SMILES string of the molecule is Cc1ccc(C(=O)Cc2cc(F)c(F)c(F)c2)cc1SC1CCC(O)CC1. The van der Waals surface area contributed by atoms with Crippen LogP contribution in [0.4, 0.5) is 13.2 Å². The van der Waals surface area contributed by atoms with Crippen molar-refractivity contribution in [1.82, 2.24) is 0 Å². The van der Waals surface area contributed by atoms with E-state index in [2.05, 4.69) is 0 Å². The average Bonchev–Trinajstić information content (AvgIpc) is 2.63. The number of rotatable bonds is 5. The minimum Gasteiger partial charge on any atom is -0.393 e. The van der Waals surface area contributed by atoms with Crippen LogP contribution in [0.2, 0.25) is 0 Å². The van der Waals surface area contributed by atoms with E-state index >= 15 is 0 Å². The van der Waals surface area contributed by atoms with E-state index in [0.29, 0.717) is 10.8 Å². The molecule has 27 heavy (non-hydrogen) atoms. The summed E-state index contributed by atoms with van der Waals surface area (Å²) in [5.41, 5.74) is 1.62. The Labute approximate surface area is 160 Å². The number of hydrogen-bond donors (Lipinski definition) is 1. The predicted molar refractivity (Wildman–Crippen MR) is 99.6 cm³/mol. The molecule has 2 nitrogen and oxygen atoms in total. The Balaban J connectivity index is 1.74. The van der Waals surface area contributed by atoms with Crippen LogP contribution in [0, 0.1) is 24.4 Å². The standard InChI is InChI=1S/C21H21F3O2S/c1-12-2-3-14(11-20(12)27-16-6-4-15(25)5-7-16)19(26)10-13-8-17(22)21(24)18(23)9-13/h2-3,8-9,11,15-16,25H,4-7,10H2,1H3. The highest BCUT2D eigenvalue weighted by molar-refractivity contribution is 8.00. The van der Waals surface area contributed by atoms with Crippen LogP contribution in [-0.2, 0) is 6.42 Å². The molecule has 0 amide bonds. The Bertz CT molecular complexity index is 822. The van der Waals surface area contributed by atoms with Gasteiger partial charge in [-0.1, -0.05) is 12.1 Å². The van der Waals surface area contributed by atoms with Gasteiger partial charge in [0.25, 0.3) is 0 Å². The number of carbonyl (C=O) groups excluding carboxylic acids is 1. The third-order valence-electron chi connectivity index (χ3n) is 4.86. The third-order valence-corrected chi connectivity index (χ3v) is 6.35. The number of carbonyl (C=O) groups is 1. The van der Waals surface area contributed by atoms with E-state index in [-0.39, 0.29) is 23.9 Å². The van der Waals surface area contributed by atoms with Gasteiger partial charge in [-0.25, -0.2) is 13.2 Å². The fourth-order valence-corrected chi connectivity index (χ4v) is 4.56. The Morgan fingerprint density at radius 3 is 2.33 bits per heavy atom. The summed E-state index contributed by atoms with van der Waals surface area (Å²) in [6.07, 6.45) is 3.02. The molecule has 1 aliphatic carbocycles. The van der Waals surface area contributed by atoms with Gasteiger partial charge < -0.3 is 5.11 Å². The van der Waals surface area contributed by atoms with Gasteiger partial charge in [0.05, 0.1) is 6.10 Å². The van der Waals surface area contributed by atoms with Crippen LogP contribution < -0.4 is 0 Å². The highest BCUT2D eigenvalue weighted by Gasteiger charge is 2.21. The fourth-order valence-electron chi connectivity index (χ4n) is 3.24. The molecule has 0 bridgehead atoms. The largest absolute Gasteiger partial charge is 0.393 e. The van der Waals surface area contributed by atoms with Crippen molar-refractivity contribution in [1.29, 1.82) is 0 Å². The molecule has 1 N–H and O–H groups in total. The molecule has 0 aliphatic heterocycles. The van der Waals surface area contributed by atoms with Gasteiger partial charge in [-0.2, -0.15) is 0 Å². The van der Waals surface area contributed by atoms with E-state index in [4.69, 9.17) is 0 Å². The molecule has 144 valence electrons. The first-order valence-electron chi connectivity index (χ1n) is 8.95. The van der Waals surface area contributed by atoms with Gasteiger partial charge in [-0.3, -0.25) is 4.79 Å². The van der Waals surface area contributed by atoms with Gasteiger partial charge in [0.1, 0.15) is 0 Å². The lowest BCUT2D eigenvalue weighted by atomic mass is 9.97. The number of aliphatic hydroxyl groups is 1. The fraction of sp³-hybridized carbons (Fsp3) is 0.381. The molecule has 0 atom stereocenters. The molecule has 0 unspecified atom stereocenters. The second-order valence-electron chi connectivity index (χ2n) is 7.00. The van der Waals surface area contributed by atoms with Crippen LogP contribution in [0.1, 0.15) is 47.2 Å². The first kappa shape index (κ1) is 20.0. The summed E-state index contributed by atoms with van der Waals surface area (Å²) < 4.78 is 39.8. The number of Topliss-reactive ketones (excluding diaryl/α,β-unsaturated/α-hetero) is 1.